The maximum atomic E-state index is 9.39. The predicted octanol–water partition coefficient (Wildman–Crippen LogP) is 8.00. The van der Waals surface area contributed by atoms with Gasteiger partial charge in [0.05, 0.1) is 0 Å². The number of halogens is 1. The van der Waals surface area contributed by atoms with Gasteiger partial charge in [-0.3, -0.25) is 0 Å². The van der Waals surface area contributed by atoms with Gasteiger partial charge < -0.3 is 10.8 Å². The van der Waals surface area contributed by atoms with Crippen LogP contribution in [0.25, 0.3) is 0 Å². The molecule has 0 amide bonds. The molecule has 1 aromatic carbocycles. The van der Waals surface area contributed by atoms with Gasteiger partial charge in [0, 0.05) is 17.1 Å². The second-order valence-corrected chi connectivity index (χ2v) is 8.67. The van der Waals surface area contributed by atoms with Crippen LogP contribution in [0.1, 0.15) is 109 Å². The lowest BCUT2D eigenvalue weighted by Crippen LogP contribution is -2.01. The Kier molecular flexibility index (Phi) is 14.4. The fourth-order valence-electron chi connectivity index (χ4n) is 3.68. The molecule has 156 valence electrons. The minimum absolute atomic E-state index is 0.235. The van der Waals surface area contributed by atoms with Crippen molar-refractivity contribution < 1.29 is 5.11 Å². The molecule has 0 aliphatic carbocycles. The van der Waals surface area contributed by atoms with Crippen LogP contribution in [0.5, 0.6) is 5.75 Å². The molecule has 0 fully saturated rings. The maximum absolute atomic E-state index is 9.39. The van der Waals surface area contributed by atoms with Crippen molar-refractivity contribution in [1.82, 2.24) is 0 Å². The fourth-order valence-corrected chi connectivity index (χ4v) is 3.98. The van der Waals surface area contributed by atoms with E-state index >= 15 is 0 Å². The minimum Gasteiger partial charge on any atom is -0.508 e. The van der Waals surface area contributed by atoms with Gasteiger partial charge in [0.15, 0.2) is 0 Å². The zero-order valence-corrected chi connectivity index (χ0v) is 18.3. The summed E-state index contributed by atoms with van der Waals surface area (Å²) in [6.07, 6.45) is 20.8. The number of unbranched alkanes of at least 4 members (excludes halogenated alkanes) is 11. The van der Waals surface area contributed by atoms with E-state index in [1.807, 2.05) is 6.07 Å². The first-order valence-electron chi connectivity index (χ1n) is 11.3. The molecule has 0 aromatic heterocycles. The zero-order valence-electron chi connectivity index (χ0n) is 17.5. The molecule has 0 aliphatic heterocycles. The van der Waals surface area contributed by atoms with Crippen LogP contribution >= 0.6 is 11.6 Å². The molecule has 0 spiro atoms. The van der Waals surface area contributed by atoms with Crippen molar-refractivity contribution in [2.45, 2.75) is 115 Å². The van der Waals surface area contributed by atoms with E-state index in [2.05, 4.69) is 6.92 Å². The van der Waals surface area contributed by atoms with E-state index < -0.39 is 0 Å². The average Bonchev–Trinajstić information content (AvgIpc) is 2.64. The van der Waals surface area contributed by atoms with E-state index in [0.717, 1.165) is 31.2 Å². The van der Waals surface area contributed by atoms with Crippen molar-refractivity contribution >= 4 is 17.3 Å². The number of aromatic hydroxyl groups is 1. The third kappa shape index (κ3) is 13.0. The highest BCUT2D eigenvalue weighted by molar-refractivity contribution is 6.20. The Morgan fingerprint density at radius 2 is 1.33 bits per heavy atom. The molecule has 3 N–H and O–H groups in total. The molecule has 1 aromatic rings. The van der Waals surface area contributed by atoms with Crippen molar-refractivity contribution in [2.24, 2.45) is 0 Å². The summed E-state index contributed by atoms with van der Waals surface area (Å²) in [7, 11) is 0. The molecule has 0 radical (unpaired) electrons. The normalized spacial score (nSPS) is 12.4. The van der Waals surface area contributed by atoms with E-state index in [-0.39, 0.29) is 11.1 Å². The Morgan fingerprint density at radius 1 is 0.815 bits per heavy atom. The molecule has 1 unspecified atom stereocenters. The van der Waals surface area contributed by atoms with Crippen molar-refractivity contribution in [1.29, 1.82) is 0 Å². The monoisotopic (exact) mass is 395 g/mol. The Balaban J connectivity index is 1.89. The first-order chi connectivity index (χ1) is 13.1. The van der Waals surface area contributed by atoms with E-state index in [1.165, 1.54) is 77.0 Å². The first-order valence-corrected chi connectivity index (χ1v) is 11.8. The minimum atomic E-state index is 0.235. The molecule has 3 heteroatoms. The van der Waals surface area contributed by atoms with Crippen LogP contribution in [-0.4, -0.2) is 10.5 Å². The SMILES string of the molecule is CCCCCCCCCCCCCCC(Cl)CCCc1ccc(O)cc1N. The summed E-state index contributed by atoms with van der Waals surface area (Å²) >= 11 is 6.47. The van der Waals surface area contributed by atoms with E-state index in [4.69, 9.17) is 17.3 Å². The summed E-state index contributed by atoms with van der Waals surface area (Å²) in [6.45, 7) is 2.28. The number of phenolic OH excluding ortho intramolecular Hbond substituents is 1. The van der Waals surface area contributed by atoms with Crippen LogP contribution in [0.3, 0.4) is 0 Å². The number of hydrogen-bond donors (Lipinski definition) is 2. The molecular formula is C24H42ClNO. The summed E-state index contributed by atoms with van der Waals surface area (Å²) in [5.74, 6) is 0.235. The number of nitrogen functional groups attached to an aromatic ring is 1. The largest absolute Gasteiger partial charge is 0.508 e. The van der Waals surface area contributed by atoms with Crippen LogP contribution in [0.2, 0.25) is 0 Å². The lowest BCUT2D eigenvalue weighted by Gasteiger charge is -2.10. The van der Waals surface area contributed by atoms with Gasteiger partial charge in [0.1, 0.15) is 5.75 Å². The summed E-state index contributed by atoms with van der Waals surface area (Å²) in [5, 5.41) is 9.67. The van der Waals surface area contributed by atoms with E-state index in [9.17, 15) is 5.11 Å². The number of benzene rings is 1. The number of anilines is 1. The second-order valence-electron chi connectivity index (χ2n) is 8.05. The molecule has 0 aliphatic rings. The van der Waals surface area contributed by atoms with Gasteiger partial charge in [0.25, 0.3) is 0 Å². The Hall–Kier alpha value is -0.890. The third-order valence-corrected chi connectivity index (χ3v) is 5.90. The van der Waals surface area contributed by atoms with E-state index in [0.29, 0.717) is 5.69 Å². The molecule has 0 heterocycles. The van der Waals surface area contributed by atoms with Crippen LogP contribution in [0, 0.1) is 0 Å². The fraction of sp³-hybridized carbons (Fsp3) is 0.750. The number of alkyl halides is 1. The van der Waals surface area contributed by atoms with Gasteiger partial charge in [-0.05, 0) is 37.3 Å². The highest BCUT2D eigenvalue weighted by atomic mass is 35.5. The lowest BCUT2D eigenvalue weighted by atomic mass is 10.0. The molecule has 0 saturated heterocycles. The van der Waals surface area contributed by atoms with Crippen LogP contribution in [-0.2, 0) is 6.42 Å². The highest BCUT2D eigenvalue weighted by Gasteiger charge is 2.06. The Labute approximate surface area is 172 Å². The van der Waals surface area contributed by atoms with Crippen molar-refractivity contribution in [3.05, 3.63) is 23.8 Å². The summed E-state index contributed by atoms with van der Waals surface area (Å²) < 4.78 is 0. The third-order valence-electron chi connectivity index (χ3n) is 5.46. The van der Waals surface area contributed by atoms with Gasteiger partial charge in [-0.25, -0.2) is 0 Å². The predicted molar refractivity (Wildman–Crippen MR) is 121 cm³/mol. The molecule has 0 saturated carbocycles. The average molecular weight is 396 g/mol. The standard InChI is InChI=1S/C24H42ClNO/c1-2-3-4-5-6-7-8-9-10-11-12-13-16-22(25)17-14-15-21-18-19-23(27)20-24(21)26/h18-20,22,27H,2-17,26H2,1H3. The number of nitrogens with two attached hydrogens (primary N) is 1. The van der Waals surface area contributed by atoms with Gasteiger partial charge in [-0.2, -0.15) is 0 Å². The molecule has 0 bridgehead atoms. The van der Waals surface area contributed by atoms with Gasteiger partial charge in [-0.15, -0.1) is 11.6 Å². The molecule has 1 rings (SSSR count). The number of hydrogen-bond acceptors (Lipinski definition) is 2. The summed E-state index contributed by atoms with van der Waals surface area (Å²) in [6, 6.07) is 5.25. The Morgan fingerprint density at radius 3 is 1.89 bits per heavy atom. The second kappa shape index (κ2) is 16.1. The smallest absolute Gasteiger partial charge is 0.117 e. The summed E-state index contributed by atoms with van der Waals surface area (Å²) in [4.78, 5) is 0. The van der Waals surface area contributed by atoms with Gasteiger partial charge in [0.2, 0.25) is 0 Å². The summed E-state index contributed by atoms with van der Waals surface area (Å²) in [5.41, 5.74) is 7.72. The highest BCUT2D eigenvalue weighted by Crippen LogP contribution is 2.22. The van der Waals surface area contributed by atoms with Crippen molar-refractivity contribution in [3.8, 4) is 5.75 Å². The molecular weight excluding hydrogens is 354 g/mol. The topological polar surface area (TPSA) is 46.2 Å². The molecule has 1 atom stereocenters. The number of phenols is 1. The van der Waals surface area contributed by atoms with Crippen LogP contribution < -0.4 is 5.73 Å². The van der Waals surface area contributed by atoms with Gasteiger partial charge in [-0.1, -0.05) is 90.0 Å². The number of aryl methyl sites for hydroxylation is 1. The Bertz CT molecular complexity index is 477. The first kappa shape index (κ1) is 24.1. The lowest BCUT2D eigenvalue weighted by molar-refractivity contribution is 0.475. The number of rotatable bonds is 17. The van der Waals surface area contributed by atoms with Crippen molar-refractivity contribution in [2.75, 3.05) is 5.73 Å². The van der Waals surface area contributed by atoms with Gasteiger partial charge >= 0.3 is 0 Å². The molecule has 27 heavy (non-hydrogen) atoms. The maximum Gasteiger partial charge on any atom is 0.117 e. The molecule has 2 nitrogen and oxygen atoms in total. The quantitative estimate of drug-likeness (QED) is 0.159. The van der Waals surface area contributed by atoms with E-state index in [1.54, 1.807) is 12.1 Å². The van der Waals surface area contributed by atoms with Crippen molar-refractivity contribution in [3.63, 3.8) is 0 Å². The zero-order chi connectivity index (χ0) is 19.7. The van der Waals surface area contributed by atoms with Crippen LogP contribution in [0.4, 0.5) is 5.69 Å². The van der Waals surface area contributed by atoms with Crippen LogP contribution in [0.15, 0.2) is 18.2 Å².